The molecule has 21 heavy (non-hydrogen) atoms. The molecule has 1 fully saturated rings. The molecule has 0 aromatic heterocycles. The van der Waals surface area contributed by atoms with Gasteiger partial charge in [0.25, 0.3) is 0 Å². The molecule has 0 aliphatic heterocycles. The lowest BCUT2D eigenvalue weighted by atomic mass is 9.95. The molecule has 0 spiro atoms. The Hall–Kier alpha value is -1.84. The van der Waals surface area contributed by atoms with Crippen LogP contribution in [0.3, 0.4) is 0 Å². The van der Waals surface area contributed by atoms with E-state index in [1.165, 1.54) is 17.5 Å². The number of anilines is 1. The molecule has 4 heteroatoms. The van der Waals surface area contributed by atoms with Crippen LogP contribution in [-0.4, -0.2) is 17.0 Å². The van der Waals surface area contributed by atoms with Crippen molar-refractivity contribution in [3.05, 3.63) is 29.3 Å². The van der Waals surface area contributed by atoms with Gasteiger partial charge < -0.3 is 10.4 Å². The van der Waals surface area contributed by atoms with E-state index in [0.29, 0.717) is 18.8 Å². The number of benzene rings is 1. The standard InChI is InChI=1S/C17H21NO3/c1-10-7-14(15(8-10)17(20)21)16(19)18-13-6-5-11-3-2-4-12(11)9-13/h5-6,9-10,14-15H,2-4,7-8H2,1H3,(H,18,19)(H,20,21)/t10?,14-,15+/m0/s1. The minimum absolute atomic E-state index is 0.148. The van der Waals surface area contributed by atoms with Gasteiger partial charge in [0.2, 0.25) is 5.91 Å². The van der Waals surface area contributed by atoms with Crippen molar-refractivity contribution in [2.75, 3.05) is 5.32 Å². The Labute approximate surface area is 124 Å². The Balaban J connectivity index is 1.72. The van der Waals surface area contributed by atoms with Crippen molar-refractivity contribution < 1.29 is 14.7 Å². The summed E-state index contributed by atoms with van der Waals surface area (Å²) >= 11 is 0. The molecule has 1 aromatic rings. The fourth-order valence-corrected chi connectivity index (χ4v) is 3.74. The van der Waals surface area contributed by atoms with Crippen LogP contribution in [0.2, 0.25) is 0 Å². The molecule has 4 nitrogen and oxygen atoms in total. The third-order valence-electron chi connectivity index (χ3n) is 4.82. The van der Waals surface area contributed by atoms with Crippen LogP contribution >= 0.6 is 0 Å². The fourth-order valence-electron chi connectivity index (χ4n) is 3.74. The lowest BCUT2D eigenvalue weighted by Crippen LogP contribution is -2.30. The van der Waals surface area contributed by atoms with Gasteiger partial charge in [-0.15, -0.1) is 0 Å². The fraction of sp³-hybridized carbons (Fsp3) is 0.529. The first-order valence-corrected chi connectivity index (χ1v) is 7.70. The number of hydrogen-bond donors (Lipinski definition) is 2. The number of carboxylic acids is 1. The van der Waals surface area contributed by atoms with Gasteiger partial charge in [-0.05, 0) is 61.3 Å². The molecule has 0 saturated heterocycles. The zero-order valence-corrected chi connectivity index (χ0v) is 12.3. The molecule has 3 atom stereocenters. The minimum atomic E-state index is -0.853. The van der Waals surface area contributed by atoms with Crippen molar-refractivity contribution in [1.29, 1.82) is 0 Å². The van der Waals surface area contributed by atoms with Crippen molar-refractivity contribution in [2.45, 2.75) is 39.0 Å². The van der Waals surface area contributed by atoms with Crippen molar-refractivity contribution in [3.8, 4) is 0 Å². The number of carbonyl (C=O) groups excluding carboxylic acids is 1. The average molecular weight is 287 g/mol. The lowest BCUT2D eigenvalue weighted by molar-refractivity contribution is -0.145. The van der Waals surface area contributed by atoms with E-state index in [9.17, 15) is 14.7 Å². The van der Waals surface area contributed by atoms with Gasteiger partial charge in [-0.3, -0.25) is 9.59 Å². The summed E-state index contributed by atoms with van der Waals surface area (Å²) < 4.78 is 0. The maximum Gasteiger partial charge on any atom is 0.307 e. The molecule has 1 aromatic carbocycles. The molecule has 1 unspecified atom stereocenters. The molecule has 1 saturated carbocycles. The Morgan fingerprint density at radius 2 is 1.86 bits per heavy atom. The lowest BCUT2D eigenvalue weighted by Gasteiger charge is -2.16. The summed E-state index contributed by atoms with van der Waals surface area (Å²) in [6, 6.07) is 6.04. The summed E-state index contributed by atoms with van der Waals surface area (Å²) in [6.07, 6.45) is 4.61. The summed E-state index contributed by atoms with van der Waals surface area (Å²) in [4.78, 5) is 23.7. The number of hydrogen-bond acceptors (Lipinski definition) is 2. The molecular formula is C17H21NO3. The predicted octanol–water partition coefficient (Wildman–Crippen LogP) is 2.86. The van der Waals surface area contributed by atoms with E-state index in [1.54, 1.807) is 0 Å². The molecule has 1 amide bonds. The van der Waals surface area contributed by atoms with Crippen LogP contribution in [0.25, 0.3) is 0 Å². The number of aryl methyl sites for hydroxylation is 2. The molecule has 2 aliphatic rings. The van der Waals surface area contributed by atoms with Gasteiger partial charge in [0.15, 0.2) is 0 Å². The number of carbonyl (C=O) groups is 2. The monoisotopic (exact) mass is 287 g/mol. The summed E-state index contributed by atoms with van der Waals surface area (Å²) in [5, 5.41) is 12.2. The van der Waals surface area contributed by atoms with Crippen molar-refractivity contribution in [3.63, 3.8) is 0 Å². The Kier molecular flexibility index (Phi) is 3.70. The second-order valence-electron chi connectivity index (χ2n) is 6.45. The number of fused-ring (bicyclic) bond motifs is 1. The maximum absolute atomic E-state index is 12.4. The highest BCUT2D eigenvalue weighted by molar-refractivity contribution is 5.95. The van der Waals surface area contributed by atoms with Gasteiger partial charge in [0, 0.05) is 5.69 Å². The van der Waals surface area contributed by atoms with Crippen LogP contribution < -0.4 is 5.32 Å². The summed E-state index contributed by atoms with van der Waals surface area (Å²) in [5.74, 6) is -1.67. The van der Waals surface area contributed by atoms with E-state index < -0.39 is 17.8 Å². The smallest absolute Gasteiger partial charge is 0.307 e. The zero-order chi connectivity index (χ0) is 15.0. The summed E-state index contributed by atoms with van der Waals surface area (Å²) in [5.41, 5.74) is 3.47. The van der Waals surface area contributed by atoms with E-state index in [1.807, 2.05) is 19.1 Å². The second kappa shape index (κ2) is 5.51. The van der Waals surface area contributed by atoms with E-state index in [0.717, 1.165) is 18.5 Å². The van der Waals surface area contributed by atoms with Crippen LogP contribution in [0, 0.1) is 17.8 Å². The number of rotatable bonds is 3. The van der Waals surface area contributed by atoms with Gasteiger partial charge in [-0.25, -0.2) is 0 Å². The van der Waals surface area contributed by atoms with Crippen LogP contribution in [0.1, 0.15) is 37.3 Å². The van der Waals surface area contributed by atoms with Crippen molar-refractivity contribution >= 4 is 17.6 Å². The molecule has 2 aliphatic carbocycles. The van der Waals surface area contributed by atoms with Crippen molar-refractivity contribution in [1.82, 2.24) is 0 Å². The highest BCUT2D eigenvalue weighted by Gasteiger charge is 2.41. The molecule has 0 heterocycles. The number of carboxylic acid groups (broad SMARTS) is 1. The minimum Gasteiger partial charge on any atom is -0.481 e. The Morgan fingerprint density at radius 3 is 2.62 bits per heavy atom. The van der Waals surface area contributed by atoms with Crippen LogP contribution in [-0.2, 0) is 22.4 Å². The molecule has 3 rings (SSSR count). The molecular weight excluding hydrogens is 266 g/mol. The number of amides is 1. The topological polar surface area (TPSA) is 66.4 Å². The van der Waals surface area contributed by atoms with E-state index >= 15 is 0 Å². The first-order chi connectivity index (χ1) is 10.0. The average Bonchev–Trinajstić information content (AvgIpc) is 3.04. The first-order valence-electron chi connectivity index (χ1n) is 7.70. The van der Waals surface area contributed by atoms with E-state index in [2.05, 4.69) is 11.4 Å². The van der Waals surface area contributed by atoms with Gasteiger partial charge >= 0.3 is 5.97 Å². The SMILES string of the molecule is CC1C[C@H](C(=O)Nc2ccc3c(c2)CCC3)[C@H](C(=O)O)C1. The second-order valence-corrected chi connectivity index (χ2v) is 6.45. The van der Waals surface area contributed by atoms with Gasteiger partial charge in [0.05, 0.1) is 11.8 Å². The van der Waals surface area contributed by atoms with Gasteiger partial charge in [-0.1, -0.05) is 13.0 Å². The predicted molar refractivity (Wildman–Crippen MR) is 80.1 cm³/mol. The van der Waals surface area contributed by atoms with Crippen LogP contribution in [0.5, 0.6) is 0 Å². The highest BCUT2D eigenvalue weighted by Crippen LogP contribution is 2.37. The van der Waals surface area contributed by atoms with E-state index in [4.69, 9.17) is 0 Å². The Bertz CT molecular complexity index is 581. The third-order valence-corrected chi connectivity index (χ3v) is 4.82. The Morgan fingerprint density at radius 1 is 1.14 bits per heavy atom. The van der Waals surface area contributed by atoms with E-state index in [-0.39, 0.29) is 5.91 Å². The quantitative estimate of drug-likeness (QED) is 0.898. The maximum atomic E-state index is 12.4. The number of aliphatic carboxylic acids is 1. The molecule has 0 bridgehead atoms. The zero-order valence-electron chi connectivity index (χ0n) is 12.3. The molecule has 0 radical (unpaired) electrons. The summed E-state index contributed by atoms with van der Waals surface area (Å²) in [6.45, 7) is 2.01. The van der Waals surface area contributed by atoms with Gasteiger partial charge in [-0.2, -0.15) is 0 Å². The molecule has 112 valence electrons. The van der Waals surface area contributed by atoms with Crippen LogP contribution in [0.4, 0.5) is 5.69 Å². The highest BCUT2D eigenvalue weighted by atomic mass is 16.4. The van der Waals surface area contributed by atoms with Gasteiger partial charge in [0.1, 0.15) is 0 Å². The summed E-state index contributed by atoms with van der Waals surface area (Å²) in [7, 11) is 0. The molecule has 2 N–H and O–H groups in total. The number of nitrogens with one attached hydrogen (secondary N) is 1. The van der Waals surface area contributed by atoms with Crippen LogP contribution in [0.15, 0.2) is 18.2 Å². The normalized spacial score (nSPS) is 27.4. The third kappa shape index (κ3) is 2.80. The first kappa shape index (κ1) is 14.1. The largest absolute Gasteiger partial charge is 0.481 e. The van der Waals surface area contributed by atoms with Crippen molar-refractivity contribution in [2.24, 2.45) is 17.8 Å².